The average molecular weight is 296 g/mol. The zero-order valence-corrected chi connectivity index (χ0v) is 12.6. The van der Waals surface area contributed by atoms with Crippen molar-refractivity contribution in [3.8, 4) is 0 Å². The molecular weight excluding hydrogens is 278 g/mol. The van der Waals surface area contributed by atoms with Gasteiger partial charge in [0.25, 0.3) is 5.91 Å². The number of likely N-dealkylation sites (tertiary alicyclic amines) is 1. The molecule has 1 aliphatic rings. The number of benzene rings is 1. The highest BCUT2D eigenvalue weighted by Gasteiger charge is 2.37. The summed E-state index contributed by atoms with van der Waals surface area (Å²) in [6.07, 6.45) is 0. The van der Waals surface area contributed by atoms with E-state index in [1.807, 2.05) is 20.8 Å². The van der Waals surface area contributed by atoms with Crippen molar-refractivity contribution in [3.05, 3.63) is 33.8 Å². The molecule has 1 amide bonds. The molecule has 1 heterocycles. The van der Waals surface area contributed by atoms with Crippen molar-refractivity contribution in [2.45, 2.75) is 20.8 Å². The van der Waals surface area contributed by atoms with Gasteiger partial charge in [0.05, 0.1) is 16.5 Å². The van der Waals surface area contributed by atoms with E-state index in [-0.39, 0.29) is 18.4 Å². The molecule has 20 heavy (non-hydrogen) atoms. The molecule has 108 valence electrons. The molecule has 1 aromatic carbocycles. The Kier molecular flexibility index (Phi) is 4.04. The van der Waals surface area contributed by atoms with Crippen molar-refractivity contribution in [1.82, 2.24) is 4.90 Å². The number of amides is 1. The highest BCUT2D eigenvalue weighted by atomic mass is 35.5. The van der Waals surface area contributed by atoms with Gasteiger partial charge < -0.3 is 10.0 Å². The summed E-state index contributed by atoms with van der Waals surface area (Å²) in [5, 5.41) is 9.55. The van der Waals surface area contributed by atoms with Gasteiger partial charge in [-0.25, -0.2) is 0 Å². The minimum Gasteiger partial charge on any atom is -0.481 e. The van der Waals surface area contributed by atoms with Crippen LogP contribution in [0.4, 0.5) is 0 Å². The normalized spacial score (nSPS) is 22.1. The molecule has 1 fully saturated rings. The molecule has 0 saturated carbocycles. The van der Waals surface area contributed by atoms with Crippen molar-refractivity contribution in [2.75, 3.05) is 13.1 Å². The fourth-order valence-corrected chi connectivity index (χ4v) is 2.87. The topological polar surface area (TPSA) is 57.6 Å². The first kappa shape index (κ1) is 14.9. The van der Waals surface area contributed by atoms with E-state index in [2.05, 4.69) is 0 Å². The zero-order valence-electron chi connectivity index (χ0n) is 11.8. The summed E-state index contributed by atoms with van der Waals surface area (Å²) in [7, 11) is 0. The third-order valence-corrected chi connectivity index (χ3v) is 4.34. The van der Waals surface area contributed by atoms with E-state index in [1.54, 1.807) is 17.0 Å². The second-order valence-electron chi connectivity index (χ2n) is 5.55. The van der Waals surface area contributed by atoms with Gasteiger partial charge in [-0.1, -0.05) is 18.5 Å². The molecule has 2 rings (SSSR count). The van der Waals surface area contributed by atoms with Crippen LogP contribution in [0.1, 0.15) is 28.4 Å². The number of carbonyl (C=O) groups is 2. The number of hydrogen-bond donors (Lipinski definition) is 1. The SMILES string of the molecule is Cc1cc(Cl)c(C(=O)N2C[C@@H](C)[C@H](C(=O)O)C2)cc1C. The molecule has 0 spiro atoms. The number of aliphatic carboxylic acids is 1. The third kappa shape index (κ3) is 2.66. The van der Waals surface area contributed by atoms with E-state index in [9.17, 15) is 9.59 Å². The minimum absolute atomic E-state index is 0.0400. The second-order valence-corrected chi connectivity index (χ2v) is 5.96. The zero-order chi connectivity index (χ0) is 15.0. The maximum absolute atomic E-state index is 12.5. The summed E-state index contributed by atoms with van der Waals surface area (Å²) in [4.78, 5) is 25.2. The Balaban J connectivity index is 2.25. The van der Waals surface area contributed by atoms with Crippen LogP contribution in [0.5, 0.6) is 0 Å². The predicted octanol–water partition coefficient (Wildman–Crippen LogP) is 2.75. The Hall–Kier alpha value is -1.55. The lowest BCUT2D eigenvalue weighted by Crippen LogP contribution is -2.30. The second kappa shape index (κ2) is 5.44. The monoisotopic (exact) mass is 295 g/mol. The van der Waals surface area contributed by atoms with Crippen molar-refractivity contribution >= 4 is 23.5 Å². The van der Waals surface area contributed by atoms with Crippen LogP contribution in [-0.4, -0.2) is 35.0 Å². The third-order valence-electron chi connectivity index (χ3n) is 4.03. The first-order valence-electron chi connectivity index (χ1n) is 6.60. The largest absolute Gasteiger partial charge is 0.481 e. The molecule has 0 aromatic heterocycles. The fourth-order valence-electron chi connectivity index (χ4n) is 2.57. The van der Waals surface area contributed by atoms with Crippen molar-refractivity contribution in [3.63, 3.8) is 0 Å². The summed E-state index contributed by atoms with van der Waals surface area (Å²) in [6.45, 7) is 6.43. The van der Waals surface area contributed by atoms with E-state index in [4.69, 9.17) is 16.7 Å². The molecule has 0 aliphatic carbocycles. The summed E-state index contributed by atoms with van der Waals surface area (Å²) in [5.41, 5.74) is 2.48. The van der Waals surface area contributed by atoms with Gasteiger partial charge in [-0.3, -0.25) is 9.59 Å². The van der Waals surface area contributed by atoms with Gasteiger partial charge in [-0.15, -0.1) is 0 Å². The van der Waals surface area contributed by atoms with E-state index in [0.29, 0.717) is 17.1 Å². The molecule has 0 unspecified atom stereocenters. The Morgan fingerprint density at radius 1 is 1.25 bits per heavy atom. The quantitative estimate of drug-likeness (QED) is 0.913. The lowest BCUT2D eigenvalue weighted by molar-refractivity contribution is -0.142. The summed E-state index contributed by atoms with van der Waals surface area (Å²) in [5.74, 6) is -1.57. The van der Waals surface area contributed by atoms with Gasteiger partial charge in [0.2, 0.25) is 0 Å². The van der Waals surface area contributed by atoms with Gasteiger partial charge in [0.1, 0.15) is 0 Å². The van der Waals surface area contributed by atoms with E-state index in [1.165, 1.54) is 0 Å². The molecule has 4 nitrogen and oxygen atoms in total. The van der Waals surface area contributed by atoms with Crippen LogP contribution in [0.15, 0.2) is 12.1 Å². The van der Waals surface area contributed by atoms with E-state index < -0.39 is 11.9 Å². The highest BCUT2D eigenvalue weighted by Crippen LogP contribution is 2.28. The fraction of sp³-hybridized carbons (Fsp3) is 0.467. The number of aryl methyl sites for hydroxylation is 2. The molecule has 1 aliphatic heterocycles. The molecule has 5 heteroatoms. The van der Waals surface area contributed by atoms with Crippen LogP contribution in [0.2, 0.25) is 5.02 Å². The van der Waals surface area contributed by atoms with E-state index in [0.717, 1.165) is 11.1 Å². The molecule has 1 aromatic rings. The lowest BCUT2D eigenvalue weighted by Gasteiger charge is -2.17. The molecule has 1 N–H and O–H groups in total. The molecular formula is C15H18ClNO3. The van der Waals surface area contributed by atoms with Crippen molar-refractivity contribution in [1.29, 1.82) is 0 Å². The van der Waals surface area contributed by atoms with Crippen LogP contribution in [-0.2, 0) is 4.79 Å². The van der Waals surface area contributed by atoms with Crippen molar-refractivity contribution < 1.29 is 14.7 Å². The number of hydrogen-bond acceptors (Lipinski definition) is 2. The van der Waals surface area contributed by atoms with Crippen LogP contribution in [0, 0.1) is 25.7 Å². The Morgan fingerprint density at radius 3 is 2.40 bits per heavy atom. The van der Waals surface area contributed by atoms with Gasteiger partial charge in [0, 0.05) is 13.1 Å². The van der Waals surface area contributed by atoms with Crippen LogP contribution in [0.25, 0.3) is 0 Å². The van der Waals surface area contributed by atoms with Crippen molar-refractivity contribution in [2.24, 2.45) is 11.8 Å². The number of carboxylic acids is 1. The summed E-state index contributed by atoms with van der Waals surface area (Å²) < 4.78 is 0. The predicted molar refractivity (Wildman–Crippen MR) is 77.1 cm³/mol. The smallest absolute Gasteiger partial charge is 0.308 e. The highest BCUT2D eigenvalue weighted by molar-refractivity contribution is 6.34. The minimum atomic E-state index is -0.848. The van der Waals surface area contributed by atoms with Gasteiger partial charge in [-0.2, -0.15) is 0 Å². The lowest BCUT2D eigenvalue weighted by atomic mass is 9.99. The number of carboxylic acid groups (broad SMARTS) is 1. The number of nitrogens with zero attached hydrogens (tertiary/aromatic N) is 1. The molecule has 0 bridgehead atoms. The van der Waals surface area contributed by atoms with Gasteiger partial charge >= 0.3 is 5.97 Å². The van der Waals surface area contributed by atoms with E-state index >= 15 is 0 Å². The molecule has 2 atom stereocenters. The molecule has 0 radical (unpaired) electrons. The number of carbonyl (C=O) groups excluding carboxylic acids is 1. The Bertz CT molecular complexity index is 570. The first-order chi connectivity index (χ1) is 9.31. The maximum atomic E-state index is 12.5. The number of rotatable bonds is 2. The summed E-state index contributed by atoms with van der Waals surface area (Å²) in [6, 6.07) is 3.55. The van der Waals surface area contributed by atoms with Gasteiger partial charge in [0.15, 0.2) is 0 Å². The van der Waals surface area contributed by atoms with Crippen LogP contribution in [0.3, 0.4) is 0 Å². The maximum Gasteiger partial charge on any atom is 0.308 e. The number of halogens is 1. The first-order valence-corrected chi connectivity index (χ1v) is 6.98. The van der Waals surface area contributed by atoms with Crippen LogP contribution < -0.4 is 0 Å². The molecule has 1 saturated heterocycles. The average Bonchev–Trinajstić information content (AvgIpc) is 2.75. The summed E-state index contributed by atoms with van der Waals surface area (Å²) >= 11 is 6.15. The van der Waals surface area contributed by atoms with Gasteiger partial charge in [-0.05, 0) is 43.0 Å². The Morgan fingerprint density at radius 2 is 1.85 bits per heavy atom. The Labute approximate surface area is 123 Å². The standard InChI is InChI=1S/C15H18ClNO3/c1-8-4-11(13(16)5-9(8)2)14(18)17-6-10(3)12(7-17)15(19)20/h4-5,10,12H,6-7H2,1-3H3,(H,19,20)/t10-,12-/m1/s1. The van der Waals surface area contributed by atoms with Crippen LogP contribution >= 0.6 is 11.6 Å².